The van der Waals surface area contributed by atoms with Gasteiger partial charge in [-0.1, -0.05) is 81.1 Å². The van der Waals surface area contributed by atoms with E-state index in [1.165, 1.54) is 11.8 Å². The number of carbonyl (C=O) groups is 2. The van der Waals surface area contributed by atoms with E-state index in [-0.39, 0.29) is 18.2 Å². The molecule has 0 saturated carbocycles. The molecule has 3 rings (SSSR count). The highest BCUT2D eigenvalue weighted by Crippen LogP contribution is 2.47. The molecule has 0 radical (unpaired) electrons. The van der Waals surface area contributed by atoms with Crippen LogP contribution in [-0.4, -0.2) is 23.1 Å². The molecule has 0 spiro atoms. The van der Waals surface area contributed by atoms with Crippen LogP contribution in [0, 0.1) is 5.41 Å². The minimum Gasteiger partial charge on any atom is -0.348 e. The monoisotopic (exact) mass is 354 g/mol. The second-order valence-corrected chi connectivity index (χ2v) is 8.60. The molecule has 1 heterocycles. The fourth-order valence-corrected chi connectivity index (χ4v) is 4.02. The summed E-state index contributed by atoms with van der Waals surface area (Å²) in [6.45, 7) is 5.52. The van der Waals surface area contributed by atoms with Gasteiger partial charge >= 0.3 is 0 Å². The van der Waals surface area contributed by atoms with Crippen molar-refractivity contribution in [3.05, 3.63) is 65.7 Å². The molecule has 1 atom stereocenters. The number of Topliss-reactive ketones (excluding diaryl/α,β-unsaturated/α-hetero) is 2. The lowest BCUT2D eigenvalue weighted by Crippen LogP contribution is -2.41. The molecule has 2 aromatic carbocycles. The Morgan fingerprint density at radius 2 is 1.68 bits per heavy atom. The van der Waals surface area contributed by atoms with E-state index in [9.17, 15) is 9.59 Å². The fourth-order valence-electron chi connectivity index (χ4n) is 2.69. The molecular weight excluding hydrogens is 332 g/mol. The number of benzene rings is 2. The lowest BCUT2D eigenvalue weighted by atomic mass is 9.91. The van der Waals surface area contributed by atoms with Crippen LogP contribution in [0.3, 0.4) is 0 Å². The lowest BCUT2D eigenvalue weighted by molar-refractivity contribution is -0.132. The van der Waals surface area contributed by atoms with Crippen molar-refractivity contribution in [2.75, 3.05) is 6.61 Å². The van der Waals surface area contributed by atoms with Crippen molar-refractivity contribution in [2.45, 2.75) is 37.0 Å². The molecule has 2 aromatic rings. The summed E-state index contributed by atoms with van der Waals surface area (Å²) >= 11 is 1.42. The maximum absolute atomic E-state index is 13.2. The maximum atomic E-state index is 13.2. The van der Waals surface area contributed by atoms with Gasteiger partial charge in [0.1, 0.15) is 6.61 Å². The van der Waals surface area contributed by atoms with Gasteiger partial charge in [-0.15, -0.1) is 0 Å². The number of ketones is 2. The minimum atomic E-state index is -1.08. The topological polar surface area (TPSA) is 43.4 Å². The zero-order valence-corrected chi connectivity index (χ0v) is 15.6. The van der Waals surface area contributed by atoms with Crippen molar-refractivity contribution in [2.24, 2.45) is 5.41 Å². The Hall–Kier alpha value is -1.91. The predicted octanol–water partition coefficient (Wildman–Crippen LogP) is 4.55. The van der Waals surface area contributed by atoms with E-state index in [0.717, 1.165) is 10.5 Å². The van der Waals surface area contributed by atoms with Gasteiger partial charge in [-0.25, -0.2) is 0 Å². The normalized spacial score (nSPS) is 19.5. The number of rotatable bonds is 5. The molecule has 1 aliphatic rings. The largest absolute Gasteiger partial charge is 0.348 e. The van der Waals surface area contributed by atoms with Crippen LogP contribution in [0.2, 0.25) is 0 Å². The summed E-state index contributed by atoms with van der Waals surface area (Å²) in [6.07, 6.45) is 0.471. The summed E-state index contributed by atoms with van der Waals surface area (Å²) in [7, 11) is 0. The summed E-state index contributed by atoms with van der Waals surface area (Å²) in [5.74, 6) is -0.0969. The Morgan fingerprint density at radius 1 is 1.04 bits per heavy atom. The number of hydrogen-bond donors (Lipinski definition) is 0. The maximum Gasteiger partial charge on any atom is 0.205 e. The molecule has 1 aliphatic heterocycles. The average molecular weight is 354 g/mol. The van der Waals surface area contributed by atoms with Crippen molar-refractivity contribution in [3.8, 4) is 0 Å². The molecule has 0 N–H and O–H groups in total. The van der Waals surface area contributed by atoms with E-state index in [4.69, 9.17) is 4.74 Å². The van der Waals surface area contributed by atoms with Gasteiger partial charge in [-0.2, -0.15) is 0 Å². The van der Waals surface area contributed by atoms with Gasteiger partial charge < -0.3 is 4.74 Å². The summed E-state index contributed by atoms with van der Waals surface area (Å²) < 4.78 is 6.04. The van der Waals surface area contributed by atoms with E-state index >= 15 is 0 Å². The van der Waals surface area contributed by atoms with Gasteiger partial charge in [-0.05, 0) is 11.6 Å². The van der Waals surface area contributed by atoms with E-state index in [1.807, 2.05) is 63.2 Å². The third-order valence-electron chi connectivity index (χ3n) is 4.33. The highest BCUT2D eigenvalue weighted by molar-refractivity contribution is 8.01. The van der Waals surface area contributed by atoms with Crippen LogP contribution in [0.5, 0.6) is 0 Å². The van der Waals surface area contributed by atoms with Crippen LogP contribution >= 0.6 is 11.8 Å². The summed E-state index contributed by atoms with van der Waals surface area (Å²) in [5.41, 5.74) is 1.19. The number of hydrogen-bond acceptors (Lipinski definition) is 4. The molecule has 25 heavy (non-hydrogen) atoms. The third kappa shape index (κ3) is 3.70. The minimum absolute atomic E-state index is 0.00991. The van der Waals surface area contributed by atoms with Crippen LogP contribution in [0.15, 0.2) is 59.5 Å². The highest BCUT2D eigenvalue weighted by Gasteiger charge is 2.47. The Labute approximate surface area is 152 Å². The van der Waals surface area contributed by atoms with Crippen LogP contribution in [0.1, 0.15) is 36.7 Å². The Balaban J connectivity index is 1.91. The zero-order valence-electron chi connectivity index (χ0n) is 14.7. The van der Waals surface area contributed by atoms with Crippen molar-refractivity contribution in [1.29, 1.82) is 0 Å². The molecule has 3 nitrogen and oxygen atoms in total. The molecule has 130 valence electrons. The molecule has 0 saturated heterocycles. The molecule has 0 aromatic heterocycles. The van der Waals surface area contributed by atoms with E-state index in [0.29, 0.717) is 12.0 Å². The average Bonchev–Trinajstić information content (AvgIpc) is 2.98. The van der Waals surface area contributed by atoms with E-state index in [2.05, 4.69) is 0 Å². The molecule has 1 unspecified atom stereocenters. The van der Waals surface area contributed by atoms with Crippen LogP contribution in [0.25, 0.3) is 0 Å². The van der Waals surface area contributed by atoms with Crippen molar-refractivity contribution in [1.82, 2.24) is 0 Å². The van der Waals surface area contributed by atoms with Crippen molar-refractivity contribution >= 4 is 23.3 Å². The first-order chi connectivity index (χ1) is 11.8. The van der Waals surface area contributed by atoms with Crippen LogP contribution in [-0.2, 0) is 16.0 Å². The van der Waals surface area contributed by atoms with Crippen molar-refractivity contribution < 1.29 is 14.3 Å². The molecular formula is C21H22O3S. The fraction of sp³-hybridized carbons (Fsp3) is 0.333. The molecule has 0 bridgehead atoms. The third-order valence-corrected chi connectivity index (χ3v) is 5.72. The Bertz CT molecular complexity index is 765. The second-order valence-electron chi connectivity index (χ2n) is 7.30. The Morgan fingerprint density at radius 3 is 2.32 bits per heavy atom. The van der Waals surface area contributed by atoms with E-state index < -0.39 is 10.3 Å². The predicted molar refractivity (Wildman–Crippen MR) is 99.9 cm³/mol. The van der Waals surface area contributed by atoms with Gasteiger partial charge in [0, 0.05) is 22.3 Å². The van der Waals surface area contributed by atoms with Gasteiger partial charge in [0.05, 0.1) is 0 Å². The smallest absolute Gasteiger partial charge is 0.205 e. The molecule has 0 fully saturated rings. The standard InChI is InChI=1S/C21H22O3S/c1-20(2,3)18(22)14-24-21(19(23)15-9-5-4-6-10-15)13-16-11-7-8-12-17(16)25-21/h4-12H,13-14H2,1-3H3. The van der Waals surface area contributed by atoms with Crippen LogP contribution in [0.4, 0.5) is 0 Å². The summed E-state index contributed by atoms with van der Waals surface area (Å²) in [6, 6.07) is 17.1. The van der Waals surface area contributed by atoms with Gasteiger partial charge in [0.25, 0.3) is 0 Å². The lowest BCUT2D eigenvalue weighted by Gasteiger charge is -2.28. The summed E-state index contributed by atoms with van der Waals surface area (Å²) in [4.78, 5) is 25.6. The number of carbonyl (C=O) groups excluding carboxylic acids is 2. The van der Waals surface area contributed by atoms with E-state index in [1.54, 1.807) is 12.1 Å². The molecule has 0 aliphatic carbocycles. The highest BCUT2D eigenvalue weighted by atomic mass is 32.2. The Kier molecular flexibility index (Phi) is 4.85. The van der Waals surface area contributed by atoms with Gasteiger partial charge in [0.2, 0.25) is 5.78 Å². The van der Waals surface area contributed by atoms with Gasteiger partial charge in [0.15, 0.2) is 10.7 Å². The number of thioether (sulfide) groups is 1. The molecule has 0 amide bonds. The quantitative estimate of drug-likeness (QED) is 0.739. The first kappa shape index (κ1) is 17.9. The summed E-state index contributed by atoms with van der Waals surface area (Å²) in [5, 5.41) is 0. The SMILES string of the molecule is CC(C)(C)C(=O)COC1(C(=O)c2ccccc2)Cc2ccccc2S1. The first-order valence-corrected chi connectivity index (χ1v) is 9.17. The molecule has 4 heteroatoms. The van der Waals surface area contributed by atoms with Crippen molar-refractivity contribution in [3.63, 3.8) is 0 Å². The van der Waals surface area contributed by atoms with Crippen LogP contribution < -0.4 is 0 Å². The number of ether oxygens (including phenoxy) is 1. The zero-order chi connectivity index (χ0) is 18.1. The number of fused-ring (bicyclic) bond motifs is 1. The van der Waals surface area contributed by atoms with Gasteiger partial charge in [-0.3, -0.25) is 9.59 Å². The second kappa shape index (κ2) is 6.77. The first-order valence-electron chi connectivity index (χ1n) is 8.36.